The quantitative estimate of drug-likeness (QED) is 0.361. The van der Waals surface area contributed by atoms with Gasteiger partial charge >= 0.3 is 0 Å². The van der Waals surface area contributed by atoms with E-state index >= 15 is 0 Å². The monoisotopic (exact) mass is 634 g/mol. The van der Waals surface area contributed by atoms with Crippen molar-refractivity contribution in [2.24, 2.45) is 0 Å². The minimum Gasteiger partial charge on any atom is -0.351 e. The zero-order valence-electron chi connectivity index (χ0n) is 23.7. The topological polar surface area (TPSA) is 130 Å². The second-order valence-electron chi connectivity index (χ2n) is 10.9. The van der Waals surface area contributed by atoms with Gasteiger partial charge in [-0.15, -0.1) is 0 Å². The van der Waals surface area contributed by atoms with Gasteiger partial charge in [-0.25, -0.2) is 18.2 Å². The van der Waals surface area contributed by atoms with E-state index in [4.69, 9.17) is 11.6 Å². The number of amides is 3. The molecule has 1 N–H and O–H groups in total. The van der Waals surface area contributed by atoms with E-state index < -0.39 is 60.4 Å². The van der Waals surface area contributed by atoms with Gasteiger partial charge < -0.3 is 5.32 Å². The second kappa shape index (κ2) is 13.0. The largest absolute Gasteiger partial charge is 0.351 e. The number of hydrogen-bond acceptors (Lipinski definition) is 6. The van der Waals surface area contributed by atoms with Crippen LogP contribution in [0.5, 0.6) is 0 Å². The Bertz CT molecular complexity index is 1730. The van der Waals surface area contributed by atoms with Crippen molar-refractivity contribution in [2.45, 2.75) is 62.6 Å². The SMILES string of the molecule is N#Cc1cc(F)cc(N(C(=O)C2CCC(=O)N2c2cc(C#N)ccn2)[C@H](C(=O)NC2CCC(F)(F)CC2)c2ccccc2Cl)c1. The number of hydrogen-bond donors (Lipinski definition) is 1. The summed E-state index contributed by atoms with van der Waals surface area (Å²) < 4.78 is 42.7. The maximum Gasteiger partial charge on any atom is 0.251 e. The Kier molecular flexibility index (Phi) is 9.07. The first-order valence-electron chi connectivity index (χ1n) is 14.2. The van der Waals surface area contributed by atoms with Crippen molar-refractivity contribution in [2.75, 3.05) is 9.80 Å². The molecule has 1 saturated carbocycles. The molecule has 3 aromatic rings. The summed E-state index contributed by atoms with van der Waals surface area (Å²) in [5, 5.41) is 21.8. The molecule has 0 bridgehead atoms. The minimum absolute atomic E-state index is 0.00161. The fraction of sp³-hybridized carbons (Fsp3) is 0.312. The number of carbonyl (C=O) groups is 3. The van der Waals surface area contributed by atoms with E-state index in [-0.39, 0.29) is 58.9 Å². The highest BCUT2D eigenvalue weighted by atomic mass is 35.5. The van der Waals surface area contributed by atoms with E-state index in [1.807, 2.05) is 12.1 Å². The molecule has 1 aromatic heterocycles. The van der Waals surface area contributed by atoms with Crippen LogP contribution in [-0.2, 0) is 14.4 Å². The summed E-state index contributed by atoms with van der Waals surface area (Å²) >= 11 is 6.56. The van der Waals surface area contributed by atoms with Crippen LogP contribution in [-0.4, -0.2) is 40.7 Å². The summed E-state index contributed by atoms with van der Waals surface area (Å²) in [5.41, 5.74) is 0.0375. The molecule has 1 unspecified atom stereocenters. The lowest BCUT2D eigenvalue weighted by Gasteiger charge is -2.37. The van der Waals surface area contributed by atoms with Crippen molar-refractivity contribution < 1.29 is 27.6 Å². The molecular formula is C32H26ClF3N6O3. The normalized spacial score (nSPS) is 18.5. The summed E-state index contributed by atoms with van der Waals surface area (Å²) in [6.07, 6.45) is 0.383. The molecule has 13 heteroatoms. The van der Waals surface area contributed by atoms with E-state index in [2.05, 4.69) is 10.3 Å². The van der Waals surface area contributed by atoms with Crippen molar-refractivity contribution in [3.8, 4) is 12.1 Å². The van der Waals surface area contributed by atoms with Gasteiger partial charge in [-0.1, -0.05) is 29.8 Å². The summed E-state index contributed by atoms with van der Waals surface area (Å²) in [7, 11) is 0. The van der Waals surface area contributed by atoms with Gasteiger partial charge in [0.05, 0.1) is 23.3 Å². The van der Waals surface area contributed by atoms with Crippen LogP contribution in [0.15, 0.2) is 60.8 Å². The van der Waals surface area contributed by atoms with Crippen molar-refractivity contribution in [1.29, 1.82) is 10.5 Å². The molecule has 1 aliphatic heterocycles. The van der Waals surface area contributed by atoms with Gasteiger partial charge in [0.2, 0.25) is 17.7 Å². The highest BCUT2D eigenvalue weighted by molar-refractivity contribution is 6.31. The van der Waals surface area contributed by atoms with E-state index in [0.717, 1.165) is 21.9 Å². The highest BCUT2D eigenvalue weighted by Gasteiger charge is 2.45. The van der Waals surface area contributed by atoms with Crippen LogP contribution in [0.25, 0.3) is 0 Å². The molecule has 2 heterocycles. The molecule has 0 radical (unpaired) electrons. The number of nitriles is 2. The Balaban J connectivity index is 1.64. The molecular weight excluding hydrogens is 609 g/mol. The molecule has 230 valence electrons. The first-order valence-corrected chi connectivity index (χ1v) is 14.5. The fourth-order valence-corrected chi connectivity index (χ4v) is 5.96. The summed E-state index contributed by atoms with van der Waals surface area (Å²) in [6.45, 7) is 0. The van der Waals surface area contributed by atoms with E-state index in [0.29, 0.717) is 0 Å². The average Bonchev–Trinajstić information content (AvgIpc) is 3.41. The average molecular weight is 635 g/mol. The Morgan fingerprint density at radius 2 is 1.76 bits per heavy atom. The summed E-state index contributed by atoms with van der Waals surface area (Å²) in [4.78, 5) is 48.2. The van der Waals surface area contributed by atoms with Gasteiger partial charge in [0.25, 0.3) is 5.91 Å². The van der Waals surface area contributed by atoms with Crippen LogP contribution in [0.4, 0.5) is 24.7 Å². The Labute approximate surface area is 261 Å². The van der Waals surface area contributed by atoms with Gasteiger partial charge in [-0.2, -0.15) is 10.5 Å². The van der Waals surface area contributed by atoms with E-state index in [1.165, 1.54) is 36.5 Å². The molecule has 0 spiro atoms. The molecule has 3 amide bonds. The highest BCUT2D eigenvalue weighted by Crippen LogP contribution is 2.38. The number of halogens is 4. The maximum atomic E-state index is 14.9. The van der Waals surface area contributed by atoms with Crippen LogP contribution in [0.1, 0.15) is 61.3 Å². The third-order valence-corrected chi connectivity index (χ3v) is 8.26. The van der Waals surface area contributed by atoms with Crippen LogP contribution >= 0.6 is 11.6 Å². The van der Waals surface area contributed by atoms with Crippen LogP contribution in [0.2, 0.25) is 5.02 Å². The molecule has 2 fully saturated rings. The van der Waals surface area contributed by atoms with Crippen LogP contribution < -0.4 is 15.1 Å². The van der Waals surface area contributed by atoms with E-state index in [1.54, 1.807) is 12.1 Å². The van der Waals surface area contributed by atoms with Gasteiger partial charge in [0.15, 0.2) is 0 Å². The number of nitrogens with zero attached hydrogens (tertiary/aromatic N) is 5. The zero-order valence-corrected chi connectivity index (χ0v) is 24.5. The number of rotatable bonds is 7. The summed E-state index contributed by atoms with van der Waals surface area (Å²) in [6, 6.07) is 12.5. The molecule has 2 aliphatic rings. The first kappa shape index (κ1) is 31.5. The zero-order chi connectivity index (χ0) is 32.3. The number of alkyl halides is 2. The standard InChI is InChI=1S/C32H26ClF3N6O3/c33-25-4-2-1-3-24(25)29(30(44)40-22-7-10-32(35,36)11-8-22)41(23-14-20(18-38)13-21(34)16-23)31(45)26-5-6-28(43)42(26)27-15-19(17-37)9-12-39-27/h1-4,9,12-16,22,26,29H,5-8,10-11H2,(H,40,44)/t26?,29-/m0/s1. The predicted octanol–water partition coefficient (Wildman–Crippen LogP) is 5.58. The van der Waals surface area contributed by atoms with E-state index in [9.17, 15) is 38.1 Å². The molecule has 2 aromatic carbocycles. The Hall–Kier alpha value is -4.94. The van der Waals surface area contributed by atoms with Crippen molar-refractivity contribution >= 4 is 40.8 Å². The number of benzene rings is 2. The minimum atomic E-state index is -2.85. The van der Waals surface area contributed by atoms with Crippen molar-refractivity contribution in [3.05, 3.63) is 88.3 Å². The lowest BCUT2D eigenvalue weighted by atomic mass is 9.91. The first-order chi connectivity index (χ1) is 21.5. The number of aromatic nitrogens is 1. The second-order valence-corrected chi connectivity index (χ2v) is 11.3. The Morgan fingerprint density at radius 1 is 1.04 bits per heavy atom. The van der Waals surface area contributed by atoms with Crippen LogP contribution in [0.3, 0.4) is 0 Å². The number of pyridine rings is 1. The van der Waals surface area contributed by atoms with Gasteiger partial charge in [-0.3, -0.25) is 24.2 Å². The maximum absolute atomic E-state index is 14.9. The Morgan fingerprint density at radius 3 is 2.44 bits per heavy atom. The molecule has 5 rings (SSSR count). The van der Waals surface area contributed by atoms with Gasteiger partial charge in [0, 0.05) is 47.8 Å². The van der Waals surface area contributed by atoms with Gasteiger partial charge in [-0.05, 0) is 55.7 Å². The van der Waals surface area contributed by atoms with Crippen LogP contribution in [0, 0.1) is 28.5 Å². The summed E-state index contributed by atoms with van der Waals surface area (Å²) in [5.74, 6) is -5.72. The number of anilines is 2. The van der Waals surface area contributed by atoms with Gasteiger partial charge in [0.1, 0.15) is 23.7 Å². The third-order valence-electron chi connectivity index (χ3n) is 7.92. The van der Waals surface area contributed by atoms with Crippen molar-refractivity contribution in [1.82, 2.24) is 10.3 Å². The number of nitrogens with one attached hydrogen (secondary N) is 1. The lowest BCUT2D eigenvalue weighted by molar-refractivity contribution is -0.128. The molecule has 9 nitrogen and oxygen atoms in total. The lowest BCUT2D eigenvalue weighted by Crippen LogP contribution is -2.53. The molecule has 2 atom stereocenters. The molecule has 1 aliphatic carbocycles. The molecule has 45 heavy (non-hydrogen) atoms. The smallest absolute Gasteiger partial charge is 0.251 e. The number of carbonyl (C=O) groups excluding carboxylic acids is 3. The fourth-order valence-electron chi connectivity index (χ4n) is 5.73. The predicted molar refractivity (Wildman–Crippen MR) is 158 cm³/mol. The third kappa shape index (κ3) is 6.76. The van der Waals surface area contributed by atoms with Crippen molar-refractivity contribution in [3.63, 3.8) is 0 Å². The molecule has 1 saturated heterocycles.